The van der Waals surface area contributed by atoms with Gasteiger partial charge < -0.3 is 10.1 Å². The molecule has 0 radical (unpaired) electrons. The summed E-state index contributed by atoms with van der Waals surface area (Å²) in [6, 6.07) is 11.0. The standard InChI is InChI=1S/C18H22FNO/c1-12-7-13(2)9-15(8-12)11-21-18-6-5-16(19)10-17(18)14(3)20-4/h5-10,14,20H,11H2,1-4H3. The number of halogens is 1. The minimum Gasteiger partial charge on any atom is -0.489 e. The van der Waals surface area contributed by atoms with Crippen molar-refractivity contribution in [2.45, 2.75) is 33.4 Å². The Morgan fingerprint density at radius 2 is 1.76 bits per heavy atom. The van der Waals surface area contributed by atoms with Crippen LogP contribution in [0.2, 0.25) is 0 Å². The van der Waals surface area contributed by atoms with Crippen LogP contribution in [0, 0.1) is 19.7 Å². The highest BCUT2D eigenvalue weighted by atomic mass is 19.1. The first kappa shape index (κ1) is 15.5. The summed E-state index contributed by atoms with van der Waals surface area (Å²) in [5.74, 6) is 0.475. The van der Waals surface area contributed by atoms with E-state index in [-0.39, 0.29) is 11.9 Å². The van der Waals surface area contributed by atoms with Crippen LogP contribution in [0.15, 0.2) is 36.4 Å². The van der Waals surface area contributed by atoms with Crippen LogP contribution in [0.25, 0.3) is 0 Å². The molecule has 0 bridgehead atoms. The van der Waals surface area contributed by atoms with Gasteiger partial charge in [0.2, 0.25) is 0 Å². The normalized spacial score (nSPS) is 12.2. The number of nitrogens with one attached hydrogen (secondary N) is 1. The number of aryl methyl sites for hydroxylation is 2. The quantitative estimate of drug-likeness (QED) is 0.885. The predicted molar refractivity (Wildman–Crippen MR) is 84.1 cm³/mol. The van der Waals surface area contributed by atoms with Crippen LogP contribution in [0.1, 0.15) is 35.2 Å². The zero-order chi connectivity index (χ0) is 15.4. The van der Waals surface area contributed by atoms with Crippen LogP contribution in [-0.2, 0) is 6.61 Å². The van der Waals surface area contributed by atoms with Crippen molar-refractivity contribution < 1.29 is 9.13 Å². The summed E-state index contributed by atoms with van der Waals surface area (Å²) in [6.07, 6.45) is 0. The second kappa shape index (κ2) is 6.72. The average molecular weight is 287 g/mol. The van der Waals surface area contributed by atoms with Crippen molar-refractivity contribution in [2.24, 2.45) is 0 Å². The summed E-state index contributed by atoms with van der Waals surface area (Å²) in [7, 11) is 1.85. The topological polar surface area (TPSA) is 21.3 Å². The SMILES string of the molecule is CNC(C)c1cc(F)ccc1OCc1cc(C)cc(C)c1. The van der Waals surface area contributed by atoms with E-state index in [1.807, 2.05) is 14.0 Å². The fraction of sp³-hybridized carbons (Fsp3) is 0.333. The Kier molecular flexibility index (Phi) is 4.97. The van der Waals surface area contributed by atoms with E-state index in [4.69, 9.17) is 4.74 Å². The molecule has 0 heterocycles. The summed E-state index contributed by atoms with van der Waals surface area (Å²) in [5.41, 5.74) is 4.40. The largest absolute Gasteiger partial charge is 0.489 e. The first-order valence-electron chi connectivity index (χ1n) is 7.16. The molecule has 1 unspecified atom stereocenters. The van der Waals surface area contributed by atoms with Gasteiger partial charge in [0, 0.05) is 11.6 Å². The van der Waals surface area contributed by atoms with Gasteiger partial charge in [-0.05, 0) is 51.6 Å². The van der Waals surface area contributed by atoms with Crippen LogP contribution in [-0.4, -0.2) is 7.05 Å². The van der Waals surface area contributed by atoms with Crippen LogP contribution in [0.4, 0.5) is 4.39 Å². The van der Waals surface area contributed by atoms with E-state index >= 15 is 0 Å². The lowest BCUT2D eigenvalue weighted by atomic mass is 10.1. The van der Waals surface area contributed by atoms with Crippen LogP contribution < -0.4 is 10.1 Å². The molecule has 2 rings (SSSR count). The Hall–Kier alpha value is -1.87. The van der Waals surface area contributed by atoms with Crippen molar-refractivity contribution in [3.63, 3.8) is 0 Å². The third-order valence-corrected chi connectivity index (χ3v) is 3.55. The molecule has 1 N–H and O–H groups in total. The van der Waals surface area contributed by atoms with Gasteiger partial charge >= 0.3 is 0 Å². The maximum atomic E-state index is 13.4. The van der Waals surface area contributed by atoms with Crippen molar-refractivity contribution in [3.8, 4) is 5.75 Å². The smallest absolute Gasteiger partial charge is 0.124 e. The summed E-state index contributed by atoms with van der Waals surface area (Å²) < 4.78 is 19.3. The third kappa shape index (κ3) is 4.05. The molecule has 0 aliphatic carbocycles. The van der Waals surface area contributed by atoms with E-state index in [9.17, 15) is 4.39 Å². The molecular weight excluding hydrogens is 265 g/mol. The molecule has 21 heavy (non-hydrogen) atoms. The Bertz CT molecular complexity index is 604. The first-order valence-corrected chi connectivity index (χ1v) is 7.16. The molecule has 0 fully saturated rings. The molecule has 1 atom stereocenters. The monoisotopic (exact) mass is 287 g/mol. The Morgan fingerprint density at radius 3 is 2.38 bits per heavy atom. The minimum atomic E-state index is -0.245. The van der Waals surface area contributed by atoms with Gasteiger partial charge in [0.15, 0.2) is 0 Å². The number of hydrogen-bond donors (Lipinski definition) is 1. The van der Waals surface area contributed by atoms with E-state index in [0.29, 0.717) is 6.61 Å². The molecule has 0 aliphatic heterocycles. The second-order valence-electron chi connectivity index (χ2n) is 5.48. The minimum absolute atomic E-state index is 0.0370. The van der Waals surface area contributed by atoms with Gasteiger partial charge in [-0.15, -0.1) is 0 Å². The molecule has 0 aromatic heterocycles. The fourth-order valence-electron chi connectivity index (χ4n) is 2.46. The maximum Gasteiger partial charge on any atom is 0.124 e. The van der Waals surface area contributed by atoms with Gasteiger partial charge in [0.05, 0.1) is 0 Å². The van der Waals surface area contributed by atoms with Crippen molar-refractivity contribution >= 4 is 0 Å². The lowest BCUT2D eigenvalue weighted by Gasteiger charge is -2.17. The average Bonchev–Trinajstić information content (AvgIpc) is 2.44. The molecule has 112 valence electrons. The van der Waals surface area contributed by atoms with E-state index in [1.54, 1.807) is 6.07 Å². The number of rotatable bonds is 5. The van der Waals surface area contributed by atoms with E-state index < -0.39 is 0 Å². The number of benzene rings is 2. The molecular formula is C18H22FNO. The predicted octanol–water partition coefficient (Wildman–Crippen LogP) is 4.30. The Balaban J connectivity index is 2.19. The molecule has 0 saturated heterocycles. The van der Waals surface area contributed by atoms with E-state index in [1.165, 1.54) is 23.3 Å². The van der Waals surface area contributed by atoms with Crippen molar-refractivity contribution in [2.75, 3.05) is 7.05 Å². The van der Waals surface area contributed by atoms with Crippen LogP contribution in [0.5, 0.6) is 5.75 Å². The zero-order valence-electron chi connectivity index (χ0n) is 13.0. The lowest BCUT2D eigenvalue weighted by molar-refractivity contribution is 0.299. The van der Waals surface area contributed by atoms with Gasteiger partial charge in [-0.2, -0.15) is 0 Å². The highest BCUT2D eigenvalue weighted by Gasteiger charge is 2.11. The molecule has 2 nitrogen and oxygen atoms in total. The van der Waals surface area contributed by atoms with Crippen molar-refractivity contribution in [3.05, 3.63) is 64.5 Å². The summed E-state index contributed by atoms with van der Waals surface area (Å²) >= 11 is 0. The molecule has 0 saturated carbocycles. The first-order chi connectivity index (χ1) is 9.99. The van der Waals surface area contributed by atoms with E-state index in [0.717, 1.165) is 16.9 Å². The second-order valence-corrected chi connectivity index (χ2v) is 5.48. The van der Waals surface area contributed by atoms with Gasteiger partial charge in [-0.25, -0.2) is 4.39 Å². The molecule has 3 heteroatoms. The number of hydrogen-bond acceptors (Lipinski definition) is 2. The van der Waals surface area contributed by atoms with Crippen molar-refractivity contribution in [1.29, 1.82) is 0 Å². The maximum absolute atomic E-state index is 13.4. The van der Waals surface area contributed by atoms with Gasteiger partial charge in [-0.1, -0.05) is 29.3 Å². The molecule has 2 aromatic rings. The van der Waals surface area contributed by atoms with Gasteiger partial charge in [0.1, 0.15) is 18.2 Å². The molecule has 0 amide bonds. The fourth-order valence-corrected chi connectivity index (χ4v) is 2.46. The van der Waals surface area contributed by atoms with Gasteiger partial charge in [0.25, 0.3) is 0 Å². The highest BCUT2D eigenvalue weighted by molar-refractivity contribution is 5.37. The van der Waals surface area contributed by atoms with E-state index in [2.05, 4.69) is 37.4 Å². The van der Waals surface area contributed by atoms with Crippen LogP contribution >= 0.6 is 0 Å². The molecule has 2 aromatic carbocycles. The highest BCUT2D eigenvalue weighted by Crippen LogP contribution is 2.26. The Labute approximate surface area is 126 Å². The molecule has 0 spiro atoms. The lowest BCUT2D eigenvalue weighted by Crippen LogP contribution is -2.14. The zero-order valence-corrected chi connectivity index (χ0v) is 13.0. The Morgan fingerprint density at radius 1 is 1.10 bits per heavy atom. The van der Waals surface area contributed by atoms with Crippen molar-refractivity contribution in [1.82, 2.24) is 5.32 Å². The number of ether oxygens (including phenoxy) is 1. The summed E-state index contributed by atoms with van der Waals surface area (Å²) in [4.78, 5) is 0. The third-order valence-electron chi connectivity index (χ3n) is 3.55. The summed E-state index contributed by atoms with van der Waals surface area (Å²) in [6.45, 7) is 6.61. The van der Waals surface area contributed by atoms with Gasteiger partial charge in [-0.3, -0.25) is 0 Å². The molecule has 0 aliphatic rings. The summed E-state index contributed by atoms with van der Waals surface area (Å²) in [5, 5.41) is 3.12. The van der Waals surface area contributed by atoms with Crippen LogP contribution in [0.3, 0.4) is 0 Å².